The first-order valence-corrected chi connectivity index (χ1v) is 6.50. The molecular formula is C13H28N2. The summed E-state index contributed by atoms with van der Waals surface area (Å²) in [4.78, 5) is 2.67. The Kier molecular flexibility index (Phi) is 4.60. The molecule has 1 rings (SSSR count). The Bertz CT molecular complexity index is 181. The van der Waals surface area contributed by atoms with Gasteiger partial charge in [-0.05, 0) is 45.1 Å². The SMILES string of the molecule is CCC(C)(CN)N(CCC(C)C)C1CC1. The van der Waals surface area contributed by atoms with E-state index >= 15 is 0 Å². The average molecular weight is 212 g/mol. The van der Waals surface area contributed by atoms with Crippen LogP contribution in [0, 0.1) is 5.92 Å². The summed E-state index contributed by atoms with van der Waals surface area (Å²) in [5, 5.41) is 0. The summed E-state index contributed by atoms with van der Waals surface area (Å²) >= 11 is 0. The third-order valence-corrected chi connectivity index (χ3v) is 3.83. The average Bonchev–Trinajstić information content (AvgIpc) is 3.01. The minimum atomic E-state index is 0.232. The molecule has 2 N–H and O–H groups in total. The molecule has 1 fully saturated rings. The highest BCUT2D eigenvalue weighted by Crippen LogP contribution is 2.34. The first-order valence-electron chi connectivity index (χ1n) is 6.50. The predicted molar refractivity (Wildman–Crippen MR) is 66.9 cm³/mol. The van der Waals surface area contributed by atoms with E-state index in [-0.39, 0.29) is 5.54 Å². The normalized spacial score (nSPS) is 21.0. The van der Waals surface area contributed by atoms with E-state index in [9.17, 15) is 0 Å². The largest absolute Gasteiger partial charge is 0.329 e. The molecule has 2 nitrogen and oxygen atoms in total. The lowest BCUT2D eigenvalue weighted by atomic mass is 9.95. The summed E-state index contributed by atoms with van der Waals surface area (Å²) in [6, 6.07) is 0.831. The van der Waals surface area contributed by atoms with Gasteiger partial charge in [0.05, 0.1) is 0 Å². The molecule has 1 unspecified atom stereocenters. The summed E-state index contributed by atoms with van der Waals surface area (Å²) in [6.45, 7) is 11.2. The van der Waals surface area contributed by atoms with Gasteiger partial charge in [-0.25, -0.2) is 0 Å². The molecule has 0 aromatic carbocycles. The quantitative estimate of drug-likeness (QED) is 0.703. The van der Waals surface area contributed by atoms with Crippen molar-refractivity contribution in [3.63, 3.8) is 0 Å². The molecule has 0 heterocycles. The molecule has 0 aromatic rings. The van der Waals surface area contributed by atoms with Crippen LogP contribution in [-0.2, 0) is 0 Å². The van der Waals surface area contributed by atoms with Gasteiger partial charge in [0.2, 0.25) is 0 Å². The zero-order valence-corrected chi connectivity index (χ0v) is 10.9. The number of nitrogens with zero attached hydrogens (tertiary/aromatic N) is 1. The molecule has 2 heteroatoms. The van der Waals surface area contributed by atoms with Crippen molar-refractivity contribution in [2.24, 2.45) is 11.7 Å². The van der Waals surface area contributed by atoms with Crippen LogP contribution in [0.5, 0.6) is 0 Å². The molecule has 15 heavy (non-hydrogen) atoms. The van der Waals surface area contributed by atoms with E-state index < -0.39 is 0 Å². The van der Waals surface area contributed by atoms with Crippen LogP contribution in [0.25, 0.3) is 0 Å². The first-order chi connectivity index (χ1) is 7.03. The minimum absolute atomic E-state index is 0.232. The van der Waals surface area contributed by atoms with Crippen LogP contribution in [-0.4, -0.2) is 29.6 Å². The number of hydrogen-bond acceptors (Lipinski definition) is 2. The van der Waals surface area contributed by atoms with Gasteiger partial charge in [0.25, 0.3) is 0 Å². The van der Waals surface area contributed by atoms with Crippen LogP contribution in [0.2, 0.25) is 0 Å². The summed E-state index contributed by atoms with van der Waals surface area (Å²) in [5.41, 5.74) is 6.18. The van der Waals surface area contributed by atoms with E-state index in [2.05, 4.69) is 32.6 Å². The van der Waals surface area contributed by atoms with Crippen LogP contribution in [0.1, 0.15) is 53.4 Å². The lowest BCUT2D eigenvalue weighted by Crippen LogP contribution is -2.52. The first kappa shape index (κ1) is 13.0. The van der Waals surface area contributed by atoms with Crippen LogP contribution in [0.15, 0.2) is 0 Å². The second-order valence-electron chi connectivity index (χ2n) is 5.66. The Morgan fingerprint density at radius 1 is 1.40 bits per heavy atom. The van der Waals surface area contributed by atoms with E-state index in [1.54, 1.807) is 0 Å². The summed E-state index contributed by atoms with van der Waals surface area (Å²) in [7, 11) is 0. The maximum atomic E-state index is 5.95. The predicted octanol–water partition coefficient (Wildman–Crippen LogP) is 2.62. The van der Waals surface area contributed by atoms with Gasteiger partial charge in [-0.1, -0.05) is 20.8 Å². The number of hydrogen-bond donors (Lipinski definition) is 1. The van der Waals surface area contributed by atoms with E-state index in [1.807, 2.05) is 0 Å². The van der Waals surface area contributed by atoms with Crippen molar-refractivity contribution in [1.82, 2.24) is 4.90 Å². The van der Waals surface area contributed by atoms with Crippen molar-refractivity contribution in [2.75, 3.05) is 13.1 Å². The molecule has 1 saturated carbocycles. The molecule has 0 amide bonds. The summed E-state index contributed by atoms with van der Waals surface area (Å²) in [5.74, 6) is 0.796. The van der Waals surface area contributed by atoms with Gasteiger partial charge >= 0.3 is 0 Å². The Balaban J connectivity index is 2.55. The van der Waals surface area contributed by atoms with Crippen molar-refractivity contribution in [3.05, 3.63) is 0 Å². The van der Waals surface area contributed by atoms with Gasteiger partial charge in [-0.2, -0.15) is 0 Å². The van der Waals surface area contributed by atoms with E-state index in [1.165, 1.54) is 25.8 Å². The highest BCUT2D eigenvalue weighted by Gasteiger charge is 2.38. The third kappa shape index (κ3) is 3.46. The van der Waals surface area contributed by atoms with E-state index in [0.717, 1.165) is 24.9 Å². The van der Waals surface area contributed by atoms with E-state index in [4.69, 9.17) is 5.73 Å². The van der Waals surface area contributed by atoms with Gasteiger partial charge in [0, 0.05) is 18.1 Å². The molecule has 1 atom stereocenters. The standard InChI is InChI=1S/C13H28N2/c1-5-13(4,10-14)15(12-6-7-12)9-8-11(2)3/h11-12H,5-10,14H2,1-4H3. The fourth-order valence-electron chi connectivity index (χ4n) is 2.14. The van der Waals surface area contributed by atoms with Crippen LogP contribution in [0.3, 0.4) is 0 Å². The molecule has 0 bridgehead atoms. The van der Waals surface area contributed by atoms with Gasteiger partial charge in [0.15, 0.2) is 0 Å². The molecule has 0 radical (unpaired) electrons. The second-order valence-corrected chi connectivity index (χ2v) is 5.66. The van der Waals surface area contributed by atoms with Crippen LogP contribution in [0.4, 0.5) is 0 Å². The molecular weight excluding hydrogens is 184 g/mol. The summed E-state index contributed by atoms with van der Waals surface area (Å²) < 4.78 is 0. The van der Waals surface area contributed by atoms with Gasteiger partial charge in [-0.3, -0.25) is 4.90 Å². The van der Waals surface area contributed by atoms with Crippen molar-refractivity contribution < 1.29 is 0 Å². The Morgan fingerprint density at radius 2 is 2.00 bits per heavy atom. The molecule has 1 aliphatic rings. The molecule has 0 aromatic heterocycles. The van der Waals surface area contributed by atoms with Gasteiger partial charge in [-0.15, -0.1) is 0 Å². The molecule has 0 saturated heterocycles. The van der Waals surface area contributed by atoms with Crippen LogP contribution < -0.4 is 5.73 Å². The lowest BCUT2D eigenvalue weighted by Gasteiger charge is -2.41. The Hall–Kier alpha value is -0.0800. The maximum absolute atomic E-state index is 5.95. The maximum Gasteiger partial charge on any atom is 0.0303 e. The van der Waals surface area contributed by atoms with Crippen molar-refractivity contribution in [2.45, 2.75) is 65.0 Å². The summed E-state index contributed by atoms with van der Waals surface area (Å²) in [6.07, 6.45) is 5.23. The topological polar surface area (TPSA) is 29.3 Å². The molecule has 90 valence electrons. The Labute approximate surface area is 95.2 Å². The van der Waals surface area contributed by atoms with Crippen molar-refractivity contribution in [3.8, 4) is 0 Å². The molecule has 1 aliphatic carbocycles. The number of rotatable bonds is 7. The van der Waals surface area contributed by atoms with Crippen LogP contribution >= 0.6 is 0 Å². The zero-order valence-electron chi connectivity index (χ0n) is 10.9. The second kappa shape index (κ2) is 5.31. The molecule has 0 aliphatic heterocycles. The fourth-order valence-corrected chi connectivity index (χ4v) is 2.14. The fraction of sp³-hybridized carbons (Fsp3) is 1.00. The lowest BCUT2D eigenvalue weighted by molar-refractivity contribution is 0.0908. The van der Waals surface area contributed by atoms with Gasteiger partial charge in [0.1, 0.15) is 0 Å². The van der Waals surface area contributed by atoms with E-state index in [0.29, 0.717) is 0 Å². The van der Waals surface area contributed by atoms with Gasteiger partial charge < -0.3 is 5.73 Å². The number of nitrogens with two attached hydrogens (primary N) is 1. The van der Waals surface area contributed by atoms with Crippen molar-refractivity contribution in [1.29, 1.82) is 0 Å². The zero-order chi connectivity index (χ0) is 11.5. The third-order valence-electron chi connectivity index (χ3n) is 3.83. The van der Waals surface area contributed by atoms with Crippen molar-refractivity contribution >= 4 is 0 Å². The highest BCUT2D eigenvalue weighted by molar-refractivity contribution is 4.95. The monoisotopic (exact) mass is 212 g/mol. The highest BCUT2D eigenvalue weighted by atomic mass is 15.2. The Morgan fingerprint density at radius 3 is 2.33 bits per heavy atom. The smallest absolute Gasteiger partial charge is 0.0303 e. The molecule has 0 spiro atoms. The minimum Gasteiger partial charge on any atom is -0.329 e.